The SMILES string of the molecule is CC/C=C\C/C=C\C/C=C\C/C=C\C/C=C\C/C=C\C/C=C\CCCCCCCCCC(=O)OCC(COC(=O)CCCCCCCCCCCC)OC(=O)CCCCCCC/C=C\C/C=C\CCCC. The molecule has 0 rings (SSSR count). The minimum atomic E-state index is -0.789. The second-order valence-electron chi connectivity index (χ2n) is 19.2. The van der Waals surface area contributed by atoms with Crippen LogP contribution in [-0.4, -0.2) is 37.2 Å². The Hall–Kier alpha value is -3.93. The van der Waals surface area contributed by atoms with Crippen LogP contribution in [0.2, 0.25) is 0 Å². The molecule has 0 aliphatic rings. The lowest BCUT2D eigenvalue weighted by atomic mass is 10.1. The van der Waals surface area contributed by atoms with E-state index in [1.165, 1.54) is 89.9 Å². The third-order valence-corrected chi connectivity index (χ3v) is 12.3. The number of carbonyl (C=O) groups excluding carboxylic acids is 3. The van der Waals surface area contributed by atoms with Gasteiger partial charge in [-0.25, -0.2) is 0 Å². The number of hydrogen-bond acceptors (Lipinski definition) is 6. The van der Waals surface area contributed by atoms with Crippen LogP contribution in [0.1, 0.15) is 265 Å². The van der Waals surface area contributed by atoms with Gasteiger partial charge in [0.05, 0.1) is 0 Å². The quantitative estimate of drug-likeness (QED) is 0.0261. The Morgan fingerprint density at radius 1 is 0.296 bits per heavy atom. The number of esters is 3. The molecule has 0 N–H and O–H groups in total. The predicted octanol–water partition coefficient (Wildman–Crippen LogP) is 19.9. The number of carbonyl (C=O) groups is 3. The highest BCUT2D eigenvalue weighted by Gasteiger charge is 2.19. The monoisotopic (exact) mass is 985 g/mol. The van der Waals surface area contributed by atoms with Crippen molar-refractivity contribution in [3.8, 4) is 0 Å². The van der Waals surface area contributed by atoms with Gasteiger partial charge < -0.3 is 14.2 Å². The molecule has 6 heteroatoms. The van der Waals surface area contributed by atoms with Crippen LogP contribution in [0.4, 0.5) is 0 Å². The van der Waals surface area contributed by atoms with Crippen molar-refractivity contribution in [3.05, 3.63) is 109 Å². The molecule has 0 saturated carbocycles. The first kappa shape index (κ1) is 67.1. The molecule has 71 heavy (non-hydrogen) atoms. The fourth-order valence-corrected chi connectivity index (χ4v) is 7.85. The van der Waals surface area contributed by atoms with Crippen molar-refractivity contribution in [2.24, 2.45) is 0 Å². The van der Waals surface area contributed by atoms with Crippen molar-refractivity contribution in [3.63, 3.8) is 0 Å². The summed E-state index contributed by atoms with van der Waals surface area (Å²) >= 11 is 0. The van der Waals surface area contributed by atoms with Gasteiger partial charge >= 0.3 is 17.9 Å². The molecule has 0 aromatic rings. The third kappa shape index (κ3) is 56.9. The number of ether oxygens (including phenoxy) is 3. The average molecular weight is 986 g/mol. The van der Waals surface area contributed by atoms with E-state index >= 15 is 0 Å². The van der Waals surface area contributed by atoms with Crippen LogP contribution in [-0.2, 0) is 28.6 Å². The minimum Gasteiger partial charge on any atom is -0.462 e. The van der Waals surface area contributed by atoms with Crippen LogP contribution < -0.4 is 0 Å². The standard InChI is InChI=1S/C65H108O6/c1-4-7-10-13-16-19-22-24-26-27-28-29-30-31-32-33-34-35-36-37-38-39-40-42-43-46-49-52-55-58-64(67)70-61-62(60-69-63(66)57-54-51-48-45-21-18-15-12-9-6-3)71-65(68)59-56-53-50-47-44-41-25-23-20-17-14-11-8-5-2/h7,10,14,16-17,19,23-26,28-29,31-32,34-35,37-38,62H,4-6,8-9,11-13,15,18,20-22,27,30,33,36,39-61H2,1-3H3/b10-7-,17-14-,19-16-,25-23-,26-24-,29-28-,32-31-,35-34-,38-37-. The minimum absolute atomic E-state index is 0.0864. The Labute approximate surface area is 438 Å². The fourth-order valence-electron chi connectivity index (χ4n) is 7.85. The van der Waals surface area contributed by atoms with Crippen LogP contribution in [0.3, 0.4) is 0 Å². The van der Waals surface area contributed by atoms with Gasteiger partial charge in [-0.2, -0.15) is 0 Å². The molecule has 1 unspecified atom stereocenters. The van der Waals surface area contributed by atoms with Crippen molar-refractivity contribution in [2.45, 2.75) is 271 Å². The van der Waals surface area contributed by atoms with Crippen molar-refractivity contribution in [1.29, 1.82) is 0 Å². The Kier molecular flexibility index (Phi) is 55.4. The fraction of sp³-hybridized carbons (Fsp3) is 0.677. The van der Waals surface area contributed by atoms with Crippen LogP contribution >= 0.6 is 0 Å². The predicted molar refractivity (Wildman–Crippen MR) is 307 cm³/mol. The number of hydrogen-bond donors (Lipinski definition) is 0. The first-order valence-corrected chi connectivity index (χ1v) is 29.4. The van der Waals surface area contributed by atoms with Gasteiger partial charge in [-0.3, -0.25) is 14.4 Å². The molecule has 0 aliphatic carbocycles. The summed E-state index contributed by atoms with van der Waals surface area (Å²) in [6.45, 7) is 6.45. The summed E-state index contributed by atoms with van der Waals surface area (Å²) in [5, 5.41) is 0. The van der Waals surface area contributed by atoms with Gasteiger partial charge in [0.15, 0.2) is 6.10 Å². The highest BCUT2D eigenvalue weighted by Crippen LogP contribution is 2.15. The summed E-state index contributed by atoms with van der Waals surface area (Å²) in [7, 11) is 0. The summed E-state index contributed by atoms with van der Waals surface area (Å²) in [6, 6.07) is 0. The third-order valence-electron chi connectivity index (χ3n) is 12.3. The maximum atomic E-state index is 12.8. The van der Waals surface area contributed by atoms with E-state index in [1.807, 2.05) is 0 Å². The molecule has 0 aliphatic heterocycles. The second kappa shape index (κ2) is 58.6. The van der Waals surface area contributed by atoms with Gasteiger partial charge in [-0.1, -0.05) is 252 Å². The second-order valence-corrected chi connectivity index (χ2v) is 19.2. The van der Waals surface area contributed by atoms with E-state index < -0.39 is 6.10 Å². The molecule has 0 amide bonds. The number of rotatable bonds is 52. The summed E-state index contributed by atoms with van der Waals surface area (Å²) < 4.78 is 16.8. The number of unbranched alkanes of at least 4 members (excludes halogenated alkanes) is 23. The Morgan fingerprint density at radius 3 is 0.901 bits per heavy atom. The van der Waals surface area contributed by atoms with Gasteiger partial charge in [0, 0.05) is 19.3 Å². The number of allylic oxidation sites excluding steroid dienone is 18. The van der Waals surface area contributed by atoms with E-state index in [0.717, 1.165) is 135 Å². The Balaban J connectivity index is 4.27. The van der Waals surface area contributed by atoms with Gasteiger partial charge in [0.1, 0.15) is 13.2 Å². The molecule has 0 aromatic carbocycles. The van der Waals surface area contributed by atoms with Crippen LogP contribution in [0.25, 0.3) is 0 Å². The Bertz CT molecular complexity index is 1460. The topological polar surface area (TPSA) is 78.9 Å². The van der Waals surface area contributed by atoms with E-state index in [0.29, 0.717) is 19.3 Å². The molecule has 0 radical (unpaired) electrons. The first-order valence-electron chi connectivity index (χ1n) is 29.4. The largest absolute Gasteiger partial charge is 0.462 e. The van der Waals surface area contributed by atoms with Gasteiger partial charge in [0.2, 0.25) is 0 Å². The summed E-state index contributed by atoms with van der Waals surface area (Å²) in [6.07, 6.45) is 79.4. The van der Waals surface area contributed by atoms with E-state index in [9.17, 15) is 14.4 Å². The zero-order chi connectivity index (χ0) is 51.4. The van der Waals surface area contributed by atoms with Crippen LogP contribution in [0.15, 0.2) is 109 Å². The van der Waals surface area contributed by atoms with Gasteiger partial charge in [-0.15, -0.1) is 0 Å². The zero-order valence-corrected chi connectivity index (χ0v) is 46.2. The lowest BCUT2D eigenvalue weighted by Crippen LogP contribution is -2.30. The van der Waals surface area contributed by atoms with Crippen LogP contribution in [0.5, 0.6) is 0 Å². The highest BCUT2D eigenvalue weighted by atomic mass is 16.6. The smallest absolute Gasteiger partial charge is 0.306 e. The molecule has 1 atom stereocenters. The summed E-state index contributed by atoms with van der Waals surface area (Å²) in [4.78, 5) is 38.1. The molecule has 0 saturated heterocycles. The highest BCUT2D eigenvalue weighted by molar-refractivity contribution is 5.71. The van der Waals surface area contributed by atoms with Crippen LogP contribution in [0, 0.1) is 0 Å². The van der Waals surface area contributed by atoms with Crippen molar-refractivity contribution in [2.75, 3.05) is 13.2 Å². The molecule has 0 heterocycles. The molecule has 0 aromatic heterocycles. The lowest BCUT2D eigenvalue weighted by Gasteiger charge is -2.18. The lowest BCUT2D eigenvalue weighted by molar-refractivity contribution is -0.167. The van der Waals surface area contributed by atoms with E-state index in [-0.39, 0.29) is 31.1 Å². The molecule has 404 valence electrons. The molecular formula is C65H108O6. The van der Waals surface area contributed by atoms with Crippen molar-refractivity contribution < 1.29 is 28.6 Å². The van der Waals surface area contributed by atoms with E-state index in [1.54, 1.807) is 0 Å². The van der Waals surface area contributed by atoms with E-state index in [4.69, 9.17) is 14.2 Å². The molecule has 0 spiro atoms. The molecule has 6 nitrogen and oxygen atoms in total. The Morgan fingerprint density at radius 2 is 0.563 bits per heavy atom. The zero-order valence-electron chi connectivity index (χ0n) is 46.2. The van der Waals surface area contributed by atoms with Gasteiger partial charge in [-0.05, 0) is 103 Å². The average Bonchev–Trinajstić information content (AvgIpc) is 3.37. The van der Waals surface area contributed by atoms with Crippen molar-refractivity contribution in [1.82, 2.24) is 0 Å². The summed E-state index contributed by atoms with van der Waals surface area (Å²) in [5.41, 5.74) is 0. The van der Waals surface area contributed by atoms with Gasteiger partial charge in [0.25, 0.3) is 0 Å². The van der Waals surface area contributed by atoms with E-state index in [2.05, 4.69) is 130 Å². The molecular weight excluding hydrogens is 877 g/mol. The van der Waals surface area contributed by atoms with Crippen molar-refractivity contribution >= 4 is 17.9 Å². The maximum Gasteiger partial charge on any atom is 0.306 e. The molecule has 0 fully saturated rings. The molecule has 0 bridgehead atoms. The first-order chi connectivity index (χ1) is 35.0. The maximum absolute atomic E-state index is 12.8. The summed E-state index contributed by atoms with van der Waals surface area (Å²) in [5.74, 6) is -0.913. The normalized spacial score (nSPS) is 12.9.